The Hall–Kier alpha value is -1.67. The molecule has 8 heteroatoms. The summed E-state index contributed by atoms with van der Waals surface area (Å²) < 4.78 is 27.0. The minimum absolute atomic E-state index is 0.0277. The molecule has 0 bridgehead atoms. The lowest BCUT2D eigenvalue weighted by Gasteiger charge is -2.14. The Morgan fingerprint density at radius 3 is 2.55 bits per heavy atom. The van der Waals surface area contributed by atoms with Gasteiger partial charge in [-0.25, -0.2) is 13.1 Å². The zero-order valence-corrected chi connectivity index (χ0v) is 12.1. The van der Waals surface area contributed by atoms with Crippen LogP contribution in [0.25, 0.3) is 0 Å². The fraction of sp³-hybridized carbons (Fsp3) is 0.500. The van der Waals surface area contributed by atoms with Crippen molar-refractivity contribution in [3.05, 3.63) is 28.3 Å². The molecule has 0 heterocycles. The van der Waals surface area contributed by atoms with E-state index < -0.39 is 14.9 Å². The molecule has 0 aromatic heterocycles. The summed E-state index contributed by atoms with van der Waals surface area (Å²) in [5.41, 5.74) is 0.0265. The van der Waals surface area contributed by atoms with Crippen LogP contribution in [0.5, 0.6) is 0 Å². The van der Waals surface area contributed by atoms with Gasteiger partial charge in [-0.15, -0.1) is 0 Å². The number of benzene rings is 1. The maximum atomic E-state index is 12.2. The molecule has 1 aromatic rings. The number of hydrogen-bond donors (Lipinski definition) is 2. The van der Waals surface area contributed by atoms with Crippen LogP contribution in [0, 0.1) is 16.0 Å². The maximum Gasteiger partial charge on any atom is 0.292 e. The van der Waals surface area contributed by atoms with Gasteiger partial charge in [0.05, 0.1) is 9.82 Å². The molecule has 20 heavy (non-hydrogen) atoms. The molecule has 0 radical (unpaired) electrons. The Balaban J connectivity index is 2.29. The molecule has 0 spiro atoms. The number of nitrogens with zero attached hydrogens (tertiary/aromatic N) is 1. The van der Waals surface area contributed by atoms with Gasteiger partial charge in [0.15, 0.2) is 0 Å². The van der Waals surface area contributed by atoms with E-state index in [1.54, 1.807) is 0 Å². The summed E-state index contributed by atoms with van der Waals surface area (Å²) >= 11 is 0. The molecule has 2 N–H and O–H groups in total. The van der Waals surface area contributed by atoms with Crippen LogP contribution in [0.4, 0.5) is 11.4 Å². The third-order valence-electron chi connectivity index (χ3n) is 3.41. The largest absolute Gasteiger partial charge is 0.383 e. The monoisotopic (exact) mass is 299 g/mol. The third-order valence-corrected chi connectivity index (χ3v) is 4.97. The van der Waals surface area contributed by atoms with Crippen molar-refractivity contribution in [3.63, 3.8) is 0 Å². The number of nitro benzene ring substituents is 1. The van der Waals surface area contributed by atoms with Crippen LogP contribution < -0.4 is 10.0 Å². The second-order valence-corrected chi connectivity index (χ2v) is 6.65. The van der Waals surface area contributed by atoms with Crippen molar-refractivity contribution >= 4 is 21.4 Å². The van der Waals surface area contributed by atoms with Gasteiger partial charge in [-0.3, -0.25) is 10.1 Å². The summed E-state index contributed by atoms with van der Waals surface area (Å²) in [4.78, 5) is 10.3. The number of nitrogens with one attached hydrogen (secondary N) is 2. The van der Waals surface area contributed by atoms with Gasteiger partial charge in [-0.1, -0.05) is 0 Å². The molecule has 0 aliphatic heterocycles. The van der Waals surface area contributed by atoms with Crippen molar-refractivity contribution in [2.75, 3.05) is 12.4 Å². The Morgan fingerprint density at radius 2 is 2.05 bits per heavy atom. The first-order valence-electron chi connectivity index (χ1n) is 6.33. The summed E-state index contributed by atoms with van der Waals surface area (Å²) in [6.45, 7) is 1.83. The molecule has 1 saturated carbocycles. The highest BCUT2D eigenvalue weighted by Gasteiger charge is 2.31. The molecule has 1 unspecified atom stereocenters. The van der Waals surface area contributed by atoms with E-state index in [0.717, 1.165) is 12.8 Å². The lowest BCUT2D eigenvalue weighted by Crippen LogP contribution is -2.34. The molecule has 1 aliphatic carbocycles. The minimum Gasteiger partial charge on any atom is -0.383 e. The maximum absolute atomic E-state index is 12.2. The van der Waals surface area contributed by atoms with E-state index in [9.17, 15) is 18.5 Å². The zero-order chi connectivity index (χ0) is 14.9. The molecule has 0 amide bonds. The second kappa shape index (κ2) is 5.37. The lowest BCUT2D eigenvalue weighted by atomic mass is 10.2. The van der Waals surface area contributed by atoms with Gasteiger partial charge in [0.25, 0.3) is 5.69 Å². The average Bonchev–Trinajstić information content (AvgIpc) is 3.21. The molecular weight excluding hydrogens is 282 g/mol. The molecule has 1 aromatic carbocycles. The molecule has 1 atom stereocenters. The number of rotatable bonds is 6. The predicted octanol–water partition coefficient (Wildman–Crippen LogP) is 1.71. The fourth-order valence-electron chi connectivity index (χ4n) is 2.05. The molecule has 1 aliphatic rings. The number of nitro groups is 1. The summed E-state index contributed by atoms with van der Waals surface area (Å²) in [5.74, 6) is 0.395. The average molecular weight is 299 g/mol. The zero-order valence-electron chi connectivity index (χ0n) is 11.3. The van der Waals surface area contributed by atoms with Gasteiger partial charge in [0.1, 0.15) is 5.69 Å². The first-order valence-corrected chi connectivity index (χ1v) is 7.82. The molecule has 2 rings (SSSR count). The molecule has 110 valence electrons. The molecular formula is C12H17N3O4S. The van der Waals surface area contributed by atoms with E-state index in [0.29, 0.717) is 5.92 Å². The van der Waals surface area contributed by atoms with E-state index in [-0.39, 0.29) is 22.3 Å². The van der Waals surface area contributed by atoms with Crippen molar-refractivity contribution in [2.24, 2.45) is 5.92 Å². The van der Waals surface area contributed by atoms with Crippen molar-refractivity contribution < 1.29 is 13.3 Å². The first-order chi connectivity index (χ1) is 9.35. The lowest BCUT2D eigenvalue weighted by molar-refractivity contribution is -0.384. The van der Waals surface area contributed by atoms with Crippen LogP contribution in [0.2, 0.25) is 0 Å². The van der Waals surface area contributed by atoms with Gasteiger partial charge in [0.2, 0.25) is 10.0 Å². The summed E-state index contributed by atoms with van der Waals surface area (Å²) in [6, 6.07) is 3.61. The molecule has 7 nitrogen and oxygen atoms in total. The Labute approximate surface area is 117 Å². The van der Waals surface area contributed by atoms with E-state index in [1.807, 2.05) is 6.92 Å². The summed E-state index contributed by atoms with van der Waals surface area (Å²) in [6.07, 6.45) is 2.07. The van der Waals surface area contributed by atoms with Crippen LogP contribution in [0.3, 0.4) is 0 Å². The minimum atomic E-state index is -3.65. The van der Waals surface area contributed by atoms with Crippen molar-refractivity contribution in [1.82, 2.24) is 4.72 Å². The van der Waals surface area contributed by atoms with Gasteiger partial charge in [-0.2, -0.15) is 0 Å². The number of sulfonamides is 1. The Bertz CT molecular complexity index is 626. The Kier molecular flexibility index (Phi) is 3.96. The smallest absolute Gasteiger partial charge is 0.292 e. The highest BCUT2D eigenvalue weighted by Crippen LogP contribution is 2.33. The highest BCUT2D eigenvalue weighted by atomic mass is 32.2. The van der Waals surface area contributed by atoms with Crippen LogP contribution in [0.1, 0.15) is 19.8 Å². The van der Waals surface area contributed by atoms with Crippen molar-refractivity contribution in [2.45, 2.75) is 30.7 Å². The Morgan fingerprint density at radius 1 is 1.40 bits per heavy atom. The standard InChI is InChI=1S/C12H17N3O4S/c1-8(9-3-4-9)14-20(18,19)10-5-6-12(15(16)17)11(7-10)13-2/h5-9,13-14H,3-4H2,1-2H3. The van der Waals surface area contributed by atoms with Crippen LogP contribution in [-0.4, -0.2) is 26.4 Å². The normalized spacial score (nSPS) is 16.7. The van der Waals surface area contributed by atoms with Crippen molar-refractivity contribution in [1.29, 1.82) is 0 Å². The van der Waals surface area contributed by atoms with Gasteiger partial charge >= 0.3 is 0 Å². The number of anilines is 1. The topological polar surface area (TPSA) is 101 Å². The van der Waals surface area contributed by atoms with E-state index >= 15 is 0 Å². The van der Waals surface area contributed by atoms with E-state index in [1.165, 1.54) is 25.2 Å². The first kappa shape index (κ1) is 14.7. The van der Waals surface area contributed by atoms with E-state index in [4.69, 9.17) is 0 Å². The fourth-order valence-corrected chi connectivity index (χ4v) is 3.39. The molecule has 0 saturated heterocycles. The van der Waals surface area contributed by atoms with Gasteiger partial charge < -0.3 is 5.32 Å². The second-order valence-electron chi connectivity index (χ2n) is 4.93. The van der Waals surface area contributed by atoms with E-state index in [2.05, 4.69) is 10.0 Å². The summed E-state index contributed by atoms with van der Waals surface area (Å²) in [7, 11) is -2.14. The van der Waals surface area contributed by atoms with Gasteiger partial charge in [0, 0.05) is 19.2 Å². The number of hydrogen-bond acceptors (Lipinski definition) is 5. The van der Waals surface area contributed by atoms with Crippen LogP contribution >= 0.6 is 0 Å². The van der Waals surface area contributed by atoms with Crippen LogP contribution in [0.15, 0.2) is 23.1 Å². The third kappa shape index (κ3) is 3.07. The summed E-state index contributed by atoms with van der Waals surface area (Å²) in [5, 5.41) is 13.5. The SMILES string of the molecule is CNc1cc(S(=O)(=O)NC(C)C2CC2)ccc1[N+](=O)[O-]. The quantitative estimate of drug-likeness (QED) is 0.615. The molecule has 1 fully saturated rings. The predicted molar refractivity (Wildman–Crippen MR) is 75.2 cm³/mol. The highest BCUT2D eigenvalue weighted by molar-refractivity contribution is 7.89. The van der Waals surface area contributed by atoms with Gasteiger partial charge in [-0.05, 0) is 37.8 Å². The van der Waals surface area contributed by atoms with Crippen LogP contribution in [-0.2, 0) is 10.0 Å². The van der Waals surface area contributed by atoms with Crippen molar-refractivity contribution in [3.8, 4) is 0 Å².